The number of carbonyl (C=O) groups excluding carboxylic acids is 1. The van der Waals surface area contributed by atoms with Gasteiger partial charge in [-0.2, -0.15) is 0 Å². The van der Waals surface area contributed by atoms with Gasteiger partial charge >= 0.3 is 0 Å². The Hall–Kier alpha value is -1.35. The largest absolute Gasteiger partial charge is 0.342 e. The average Bonchev–Trinajstić information content (AvgIpc) is 2.45. The first-order valence-corrected chi connectivity index (χ1v) is 7.20. The third-order valence-corrected chi connectivity index (χ3v) is 4.05. The summed E-state index contributed by atoms with van der Waals surface area (Å²) >= 11 is 0. The first kappa shape index (κ1) is 14.1. The van der Waals surface area contributed by atoms with Gasteiger partial charge < -0.3 is 10.2 Å². The van der Waals surface area contributed by atoms with Crippen LogP contribution in [0.2, 0.25) is 0 Å². The van der Waals surface area contributed by atoms with Gasteiger partial charge in [0.25, 0.3) is 5.91 Å². The van der Waals surface area contributed by atoms with Crippen LogP contribution < -0.4 is 5.32 Å². The van der Waals surface area contributed by atoms with Crippen molar-refractivity contribution in [1.29, 1.82) is 0 Å². The van der Waals surface area contributed by atoms with E-state index in [2.05, 4.69) is 5.32 Å². The summed E-state index contributed by atoms with van der Waals surface area (Å²) in [5, 5.41) is 3.38. The highest BCUT2D eigenvalue weighted by Gasteiger charge is 2.17. The lowest BCUT2D eigenvalue weighted by Crippen LogP contribution is -2.32. The zero-order valence-electron chi connectivity index (χ0n) is 12.0. The van der Waals surface area contributed by atoms with Gasteiger partial charge in [-0.25, -0.2) is 0 Å². The summed E-state index contributed by atoms with van der Waals surface area (Å²) in [4.78, 5) is 14.2. The van der Waals surface area contributed by atoms with E-state index in [9.17, 15) is 4.79 Å². The monoisotopic (exact) mass is 260 g/mol. The number of rotatable bonds is 4. The summed E-state index contributed by atoms with van der Waals surface area (Å²) in [6, 6.07) is 7.81. The zero-order valence-corrected chi connectivity index (χ0v) is 12.0. The minimum atomic E-state index is 0.145. The predicted octanol–water partition coefficient (Wildman–Crippen LogP) is 2.46. The molecule has 1 amide bonds. The molecule has 104 valence electrons. The van der Waals surface area contributed by atoms with E-state index in [1.165, 1.54) is 12.8 Å². The van der Waals surface area contributed by atoms with Crippen molar-refractivity contribution in [3.05, 3.63) is 35.4 Å². The van der Waals surface area contributed by atoms with E-state index in [4.69, 9.17) is 0 Å². The first-order chi connectivity index (χ1) is 9.18. The Morgan fingerprint density at radius 1 is 1.32 bits per heavy atom. The predicted molar refractivity (Wildman–Crippen MR) is 78.4 cm³/mol. The maximum absolute atomic E-state index is 12.4. The molecule has 1 heterocycles. The van der Waals surface area contributed by atoms with Crippen LogP contribution in [0.3, 0.4) is 0 Å². The maximum Gasteiger partial charge on any atom is 0.253 e. The Kier molecular flexibility index (Phi) is 4.97. The SMILES string of the molecule is Cc1ccccc1C(=O)N(C)CCC1CCNCC1. The highest BCUT2D eigenvalue weighted by molar-refractivity contribution is 5.95. The highest BCUT2D eigenvalue weighted by Crippen LogP contribution is 2.17. The van der Waals surface area contributed by atoms with Crippen LogP contribution in [0.25, 0.3) is 0 Å². The van der Waals surface area contributed by atoms with Crippen LogP contribution in [0, 0.1) is 12.8 Å². The fraction of sp³-hybridized carbons (Fsp3) is 0.562. The molecule has 3 heteroatoms. The number of hydrogen-bond donors (Lipinski definition) is 1. The molecule has 1 saturated heterocycles. The normalized spacial score (nSPS) is 16.3. The number of benzene rings is 1. The van der Waals surface area contributed by atoms with Crippen molar-refractivity contribution >= 4 is 5.91 Å². The van der Waals surface area contributed by atoms with E-state index in [1.54, 1.807) is 0 Å². The molecule has 1 N–H and O–H groups in total. The van der Waals surface area contributed by atoms with Gasteiger partial charge in [0.2, 0.25) is 0 Å². The van der Waals surface area contributed by atoms with Gasteiger partial charge in [-0.15, -0.1) is 0 Å². The second-order valence-electron chi connectivity index (χ2n) is 5.52. The van der Waals surface area contributed by atoms with E-state index in [1.807, 2.05) is 43.1 Å². The zero-order chi connectivity index (χ0) is 13.7. The number of carbonyl (C=O) groups is 1. The summed E-state index contributed by atoms with van der Waals surface area (Å²) in [7, 11) is 1.91. The van der Waals surface area contributed by atoms with Crippen LogP contribution in [0.4, 0.5) is 0 Å². The molecule has 0 unspecified atom stereocenters. The number of amides is 1. The summed E-state index contributed by atoms with van der Waals surface area (Å²) in [5.41, 5.74) is 1.89. The third-order valence-electron chi connectivity index (χ3n) is 4.05. The van der Waals surface area contributed by atoms with Gasteiger partial charge in [0.15, 0.2) is 0 Å². The Labute approximate surface area is 116 Å². The molecule has 0 aliphatic carbocycles. The molecule has 1 aliphatic rings. The average molecular weight is 260 g/mol. The molecular weight excluding hydrogens is 236 g/mol. The maximum atomic E-state index is 12.4. The van der Waals surface area contributed by atoms with E-state index in [0.717, 1.165) is 43.1 Å². The molecule has 2 rings (SSSR count). The molecule has 1 aliphatic heterocycles. The summed E-state index contributed by atoms with van der Waals surface area (Å²) < 4.78 is 0. The van der Waals surface area contributed by atoms with E-state index in [0.29, 0.717) is 0 Å². The Morgan fingerprint density at radius 3 is 2.68 bits per heavy atom. The second-order valence-corrected chi connectivity index (χ2v) is 5.52. The molecule has 3 nitrogen and oxygen atoms in total. The molecule has 0 bridgehead atoms. The van der Waals surface area contributed by atoms with Crippen LogP contribution in [-0.2, 0) is 0 Å². The lowest BCUT2D eigenvalue weighted by atomic mass is 9.94. The quantitative estimate of drug-likeness (QED) is 0.902. The molecule has 0 saturated carbocycles. The topological polar surface area (TPSA) is 32.3 Å². The molecule has 0 radical (unpaired) electrons. The minimum absolute atomic E-state index is 0.145. The van der Waals surface area contributed by atoms with Crippen molar-refractivity contribution in [3.8, 4) is 0 Å². The fourth-order valence-corrected chi connectivity index (χ4v) is 2.67. The van der Waals surface area contributed by atoms with Gasteiger partial charge in [0.05, 0.1) is 0 Å². The first-order valence-electron chi connectivity index (χ1n) is 7.20. The van der Waals surface area contributed by atoms with Crippen LogP contribution in [0.15, 0.2) is 24.3 Å². The molecular formula is C16H24N2O. The molecule has 19 heavy (non-hydrogen) atoms. The molecule has 1 fully saturated rings. The van der Waals surface area contributed by atoms with Crippen molar-refractivity contribution in [3.63, 3.8) is 0 Å². The molecule has 1 aromatic rings. The number of nitrogens with one attached hydrogen (secondary N) is 1. The van der Waals surface area contributed by atoms with E-state index >= 15 is 0 Å². The smallest absolute Gasteiger partial charge is 0.253 e. The Morgan fingerprint density at radius 2 is 2.00 bits per heavy atom. The number of nitrogens with zero attached hydrogens (tertiary/aromatic N) is 1. The van der Waals surface area contributed by atoms with Gasteiger partial charge in [-0.1, -0.05) is 18.2 Å². The van der Waals surface area contributed by atoms with Gasteiger partial charge in [0.1, 0.15) is 0 Å². The Bertz CT molecular complexity index is 425. The minimum Gasteiger partial charge on any atom is -0.342 e. The van der Waals surface area contributed by atoms with Crippen molar-refractivity contribution in [2.45, 2.75) is 26.2 Å². The van der Waals surface area contributed by atoms with Crippen molar-refractivity contribution in [2.75, 3.05) is 26.7 Å². The lowest BCUT2D eigenvalue weighted by Gasteiger charge is -2.25. The van der Waals surface area contributed by atoms with Crippen molar-refractivity contribution in [1.82, 2.24) is 10.2 Å². The Balaban J connectivity index is 1.87. The highest BCUT2D eigenvalue weighted by atomic mass is 16.2. The lowest BCUT2D eigenvalue weighted by molar-refractivity contribution is 0.0784. The van der Waals surface area contributed by atoms with Crippen LogP contribution >= 0.6 is 0 Å². The molecule has 1 aromatic carbocycles. The van der Waals surface area contributed by atoms with Gasteiger partial charge in [-0.3, -0.25) is 4.79 Å². The number of hydrogen-bond acceptors (Lipinski definition) is 2. The van der Waals surface area contributed by atoms with Crippen LogP contribution in [0.1, 0.15) is 35.2 Å². The summed E-state index contributed by atoms with van der Waals surface area (Å²) in [6.07, 6.45) is 3.61. The molecule has 0 aromatic heterocycles. The van der Waals surface area contributed by atoms with Crippen molar-refractivity contribution < 1.29 is 4.79 Å². The van der Waals surface area contributed by atoms with Crippen LogP contribution in [-0.4, -0.2) is 37.5 Å². The second kappa shape index (κ2) is 6.71. The number of aryl methyl sites for hydroxylation is 1. The van der Waals surface area contributed by atoms with E-state index < -0.39 is 0 Å². The molecule has 0 spiro atoms. The summed E-state index contributed by atoms with van der Waals surface area (Å²) in [5.74, 6) is 0.917. The van der Waals surface area contributed by atoms with Crippen molar-refractivity contribution in [2.24, 2.45) is 5.92 Å². The fourth-order valence-electron chi connectivity index (χ4n) is 2.67. The van der Waals surface area contributed by atoms with Gasteiger partial charge in [0, 0.05) is 19.2 Å². The standard InChI is InChI=1S/C16H24N2O/c1-13-5-3-4-6-15(13)16(19)18(2)12-9-14-7-10-17-11-8-14/h3-6,14,17H,7-12H2,1-2H3. The van der Waals surface area contributed by atoms with Gasteiger partial charge in [-0.05, 0) is 56.8 Å². The third kappa shape index (κ3) is 3.80. The molecule has 0 atom stereocenters. The van der Waals surface area contributed by atoms with E-state index in [-0.39, 0.29) is 5.91 Å². The van der Waals surface area contributed by atoms with Crippen LogP contribution in [0.5, 0.6) is 0 Å². The summed E-state index contributed by atoms with van der Waals surface area (Å²) in [6.45, 7) is 5.10. The number of piperidine rings is 1.